The van der Waals surface area contributed by atoms with Gasteiger partial charge in [-0.3, -0.25) is 0 Å². The van der Waals surface area contributed by atoms with Gasteiger partial charge in [-0.15, -0.1) is 0 Å². The monoisotopic (exact) mass is 564 g/mol. The van der Waals surface area contributed by atoms with E-state index in [4.69, 9.17) is 0 Å². The third-order valence-electron chi connectivity index (χ3n) is 13.9. The van der Waals surface area contributed by atoms with E-state index in [1.807, 2.05) is 0 Å². The molecule has 0 saturated heterocycles. The molecule has 0 heteroatoms. The minimum absolute atomic E-state index is 0.315. The fourth-order valence-electron chi connectivity index (χ4n) is 10.3. The minimum atomic E-state index is 0.315. The zero-order valence-corrected chi connectivity index (χ0v) is 30.1. The molecule has 4 unspecified atom stereocenters. The van der Waals surface area contributed by atoms with Crippen molar-refractivity contribution in [1.29, 1.82) is 0 Å². The molecule has 0 bridgehead atoms. The molecule has 0 N–H and O–H groups in total. The van der Waals surface area contributed by atoms with E-state index in [1.165, 1.54) is 47.9 Å². The second-order valence-corrected chi connectivity index (χ2v) is 16.4. The van der Waals surface area contributed by atoms with Gasteiger partial charge in [-0.05, 0) is 210 Å². The quantitative estimate of drug-likeness (QED) is 0.279. The van der Waals surface area contributed by atoms with Crippen molar-refractivity contribution in [3.63, 3.8) is 0 Å². The first-order valence-electron chi connectivity index (χ1n) is 16.9. The van der Waals surface area contributed by atoms with Gasteiger partial charge < -0.3 is 0 Å². The van der Waals surface area contributed by atoms with Gasteiger partial charge in [0.1, 0.15) is 0 Å². The van der Waals surface area contributed by atoms with E-state index in [1.54, 1.807) is 66.8 Å². The van der Waals surface area contributed by atoms with Crippen molar-refractivity contribution in [3.8, 4) is 0 Å². The molecule has 0 amide bonds. The van der Waals surface area contributed by atoms with Crippen LogP contribution in [-0.4, -0.2) is 0 Å². The summed E-state index contributed by atoms with van der Waals surface area (Å²) < 4.78 is 0. The van der Waals surface area contributed by atoms with E-state index in [0.29, 0.717) is 10.8 Å². The lowest BCUT2D eigenvalue weighted by Gasteiger charge is -2.36. The smallest absolute Gasteiger partial charge is 0.00607 e. The van der Waals surface area contributed by atoms with Crippen molar-refractivity contribution in [1.82, 2.24) is 0 Å². The molecule has 0 saturated carbocycles. The average molecular weight is 565 g/mol. The number of rotatable bonds is 0. The largest absolute Gasteiger partial charge is 0.0740 e. The highest BCUT2D eigenvalue weighted by atomic mass is 14.5. The molecule has 4 atom stereocenters. The zero-order valence-electron chi connectivity index (χ0n) is 30.1. The Kier molecular flexibility index (Phi) is 7.64. The molecule has 0 radical (unpaired) electrons. The molecule has 0 spiro atoms. The van der Waals surface area contributed by atoms with Gasteiger partial charge in [0.25, 0.3) is 0 Å². The van der Waals surface area contributed by atoms with Crippen LogP contribution in [0.25, 0.3) is 0 Å². The Morgan fingerprint density at radius 3 is 0.929 bits per heavy atom. The Morgan fingerprint density at radius 1 is 0.357 bits per heavy atom. The molecule has 4 aliphatic carbocycles. The SMILES string of the molecule is CC1=C(C)CC2C(C1)c1c(C)c(C)c(C)c(C)c1C2(C)C.CC1=C(C)CC2C(C1)c1c(C)c(C)c(C)c(C)c1C2(C)C. The molecule has 228 valence electrons. The Hall–Kier alpha value is -2.08. The molecule has 0 aromatic heterocycles. The maximum atomic E-state index is 2.49. The van der Waals surface area contributed by atoms with Crippen molar-refractivity contribution in [2.24, 2.45) is 11.8 Å². The summed E-state index contributed by atoms with van der Waals surface area (Å²) in [4.78, 5) is 0. The number of hydrogen-bond donors (Lipinski definition) is 0. The van der Waals surface area contributed by atoms with Gasteiger partial charge in [-0.25, -0.2) is 0 Å². The fourth-order valence-corrected chi connectivity index (χ4v) is 10.3. The highest BCUT2D eigenvalue weighted by molar-refractivity contribution is 5.60. The average Bonchev–Trinajstić information content (AvgIpc) is 3.28. The molecule has 2 aromatic rings. The summed E-state index contributed by atoms with van der Waals surface area (Å²) in [5.74, 6) is 3.07. The van der Waals surface area contributed by atoms with Crippen molar-refractivity contribution in [2.45, 2.75) is 159 Å². The Balaban J connectivity index is 0.000000168. The fraction of sp³-hybridized carbons (Fsp3) is 0.619. The zero-order chi connectivity index (χ0) is 31.4. The van der Waals surface area contributed by atoms with Gasteiger partial charge in [-0.1, -0.05) is 50.0 Å². The lowest BCUT2D eigenvalue weighted by Crippen LogP contribution is -2.29. The first kappa shape index (κ1) is 31.3. The molecule has 6 rings (SSSR count). The van der Waals surface area contributed by atoms with E-state index in [0.717, 1.165) is 23.7 Å². The van der Waals surface area contributed by atoms with Crippen LogP contribution >= 0.6 is 0 Å². The molecule has 0 aliphatic heterocycles. The Morgan fingerprint density at radius 2 is 0.619 bits per heavy atom. The van der Waals surface area contributed by atoms with Crippen molar-refractivity contribution < 1.29 is 0 Å². The highest BCUT2D eigenvalue weighted by Crippen LogP contribution is 2.61. The maximum Gasteiger partial charge on any atom is -0.00607 e. The lowest BCUT2D eigenvalue weighted by molar-refractivity contribution is 0.285. The molecule has 2 aromatic carbocycles. The third kappa shape index (κ3) is 4.28. The second kappa shape index (κ2) is 10.2. The van der Waals surface area contributed by atoms with Gasteiger partial charge in [0.2, 0.25) is 0 Å². The maximum absolute atomic E-state index is 2.49. The van der Waals surface area contributed by atoms with Crippen LogP contribution in [0.2, 0.25) is 0 Å². The summed E-state index contributed by atoms with van der Waals surface area (Å²) in [7, 11) is 0. The summed E-state index contributed by atoms with van der Waals surface area (Å²) in [6.07, 6.45) is 5.12. The first-order valence-corrected chi connectivity index (χ1v) is 16.9. The molecule has 0 nitrogen and oxygen atoms in total. The number of benzene rings is 2. The van der Waals surface area contributed by atoms with Gasteiger partial charge in [0.15, 0.2) is 0 Å². The molecule has 42 heavy (non-hydrogen) atoms. The van der Waals surface area contributed by atoms with E-state index < -0.39 is 0 Å². The highest BCUT2D eigenvalue weighted by Gasteiger charge is 2.50. The standard InChI is InChI=1S/2C21H30/c2*1-11-9-17-18(10-12(11)2)21(7,8)20-16(6)14(4)13(3)15(5)19(17)20/h2*17-18H,9-10H2,1-8H3. The Bertz CT molecular complexity index is 1430. The summed E-state index contributed by atoms with van der Waals surface area (Å²) in [5, 5.41) is 0. The van der Waals surface area contributed by atoms with Crippen LogP contribution < -0.4 is 0 Å². The predicted molar refractivity (Wildman–Crippen MR) is 185 cm³/mol. The number of fused-ring (bicyclic) bond motifs is 6. The third-order valence-corrected chi connectivity index (χ3v) is 13.9. The molecular formula is C42H60. The Labute approximate surface area is 259 Å². The van der Waals surface area contributed by atoms with Gasteiger partial charge >= 0.3 is 0 Å². The minimum Gasteiger partial charge on any atom is -0.0740 e. The number of hydrogen-bond acceptors (Lipinski definition) is 0. The molecule has 0 heterocycles. The van der Waals surface area contributed by atoms with Gasteiger partial charge in [0.05, 0.1) is 0 Å². The predicted octanol–water partition coefficient (Wildman–Crippen LogP) is 12.1. The summed E-state index contributed by atoms with van der Waals surface area (Å²) in [6.45, 7) is 38.0. The second-order valence-electron chi connectivity index (χ2n) is 16.4. The van der Waals surface area contributed by atoms with Gasteiger partial charge in [-0.2, -0.15) is 0 Å². The van der Waals surface area contributed by atoms with Crippen LogP contribution in [0.1, 0.15) is 160 Å². The van der Waals surface area contributed by atoms with Crippen LogP contribution in [0.4, 0.5) is 0 Å². The van der Waals surface area contributed by atoms with Crippen LogP contribution in [0.3, 0.4) is 0 Å². The summed E-state index contributed by atoms with van der Waals surface area (Å²) in [5.41, 5.74) is 26.3. The van der Waals surface area contributed by atoms with Crippen LogP contribution in [-0.2, 0) is 10.8 Å². The van der Waals surface area contributed by atoms with Crippen LogP contribution in [0, 0.1) is 67.2 Å². The lowest BCUT2D eigenvalue weighted by atomic mass is 9.68. The van der Waals surface area contributed by atoms with E-state index in [-0.39, 0.29) is 0 Å². The summed E-state index contributed by atoms with van der Waals surface area (Å²) >= 11 is 0. The normalized spacial score (nSPS) is 26.9. The van der Waals surface area contributed by atoms with Crippen molar-refractivity contribution in [3.05, 3.63) is 89.1 Å². The van der Waals surface area contributed by atoms with E-state index >= 15 is 0 Å². The van der Waals surface area contributed by atoms with E-state index in [9.17, 15) is 0 Å². The number of allylic oxidation sites excluding steroid dienone is 4. The topological polar surface area (TPSA) is 0 Å². The summed E-state index contributed by atoms with van der Waals surface area (Å²) in [6, 6.07) is 0. The molecular weight excluding hydrogens is 504 g/mol. The van der Waals surface area contributed by atoms with Gasteiger partial charge in [0, 0.05) is 0 Å². The van der Waals surface area contributed by atoms with Crippen LogP contribution in [0.5, 0.6) is 0 Å². The first-order chi connectivity index (χ1) is 19.3. The molecule has 4 aliphatic rings. The molecule has 0 fully saturated rings. The van der Waals surface area contributed by atoms with Crippen molar-refractivity contribution in [2.75, 3.05) is 0 Å². The van der Waals surface area contributed by atoms with Crippen LogP contribution in [0.15, 0.2) is 22.3 Å². The van der Waals surface area contributed by atoms with Crippen molar-refractivity contribution >= 4 is 0 Å². The van der Waals surface area contributed by atoms with E-state index in [2.05, 4.69) is 111 Å².